The van der Waals surface area contributed by atoms with E-state index in [9.17, 15) is 13.2 Å². The molecule has 1 heterocycles. The average Bonchev–Trinajstić information content (AvgIpc) is 2.72. The molecular weight excluding hydrogens is 401 g/mol. The van der Waals surface area contributed by atoms with Crippen molar-refractivity contribution in [3.63, 3.8) is 0 Å². The quantitative estimate of drug-likeness (QED) is 0.385. The molecule has 0 radical (unpaired) electrons. The van der Waals surface area contributed by atoms with E-state index in [-0.39, 0.29) is 6.61 Å². The Kier molecular flexibility index (Phi) is 8.04. The summed E-state index contributed by atoms with van der Waals surface area (Å²) in [7, 11) is -0.501. The molecule has 0 spiro atoms. The molecule has 3 rings (SSSR count). The molecule has 5 heteroatoms. The first-order valence-corrected chi connectivity index (χ1v) is 13.6. The highest BCUT2D eigenvalue weighted by molar-refractivity contribution is 6.59. The Morgan fingerprint density at radius 1 is 0.933 bits per heavy atom. The van der Waals surface area contributed by atoms with Gasteiger partial charge in [0, 0.05) is 8.80 Å². The Labute approximate surface area is 180 Å². The molecule has 0 amide bonds. The van der Waals surface area contributed by atoms with Gasteiger partial charge in [-0.25, -0.2) is 0 Å². The average molecular weight is 435 g/mol. The summed E-state index contributed by atoms with van der Waals surface area (Å²) in [5, 5.41) is 0. The van der Waals surface area contributed by atoms with Crippen molar-refractivity contribution < 1.29 is 17.9 Å². The fraction of sp³-hybridized carbons (Fsp3) is 0.520. The molecule has 1 aliphatic rings. The molecule has 1 saturated heterocycles. The normalized spacial score (nSPS) is 19.8. The standard InChI is InChI=1S/C25H33F3OSi/c1-19(2)11-16-30-17-12-23(13-18-30)21-5-3-20(4-6-21)22-7-9-24(10-8-22)29-15-14-25(26,27)28/h3-10,19,23,30H,11-18H2,1-2H3. The highest BCUT2D eigenvalue weighted by Crippen LogP contribution is 2.36. The van der Waals surface area contributed by atoms with Crippen molar-refractivity contribution >= 4 is 8.80 Å². The molecule has 0 aliphatic carbocycles. The van der Waals surface area contributed by atoms with Crippen LogP contribution in [0.25, 0.3) is 11.1 Å². The van der Waals surface area contributed by atoms with Crippen LogP contribution in [0.1, 0.15) is 51.0 Å². The summed E-state index contributed by atoms with van der Waals surface area (Å²) in [5.74, 6) is 2.01. The summed E-state index contributed by atoms with van der Waals surface area (Å²) in [6.45, 7) is 4.31. The minimum Gasteiger partial charge on any atom is -0.493 e. The third-order valence-electron chi connectivity index (χ3n) is 6.22. The summed E-state index contributed by atoms with van der Waals surface area (Å²) >= 11 is 0. The van der Waals surface area contributed by atoms with Gasteiger partial charge in [0.1, 0.15) is 5.75 Å². The zero-order valence-electron chi connectivity index (χ0n) is 18.0. The van der Waals surface area contributed by atoms with Gasteiger partial charge in [0.15, 0.2) is 0 Å². The highest BCUT2D eigenvalue weighted by Gasteiger charge is 2.27. The first kappa shape index (κ1) is 22.9. The van der Waals surface area contributed by atoms with Gasteiger partial charge < -0.3 is 4.74 Å². The zero-order chi connectivity index (χ0) is 21.6. The number of benzene rings is 2. The lowest BCUT2D eigenvalue weighted by Gasteiger charge is -2.28. The molecule has 1 nitrogen and oxygen atoms in total. The number of rotatable bonds is 8. The SMILES string of the molecule is CC(C)CC[SiH]1CCC(c2ccc(-c3ccc(OCCC(F)(F)F)cc3)cc2)CC1. The molecule has 0 atom stereocenters. The second-order valence-corrected chi connectivity index (χ2v) is 12.5. The largest absolute Gasteiger partial charge is 0.493 e. The molecule has 30 heavy (non-hydrogen) atoms. The van der Waals surface area contributed by atoms with Gasteiger partial charge in [-0.3, -0.25) is 0 Å². The van der Waals surface area contributed by atoms with Crippen molar-refractivity contribution in [2.45, 2.75) is 69.8 Å². The summed E-state index contributed by atoms with van der Waals surface area (Å²) in [5.41, 5.74) is 3.62. The first-order valence-electron chi connectivity index (χ1n) is 11.2. The minimum atomic E-state index is -4.18. The Hall–Kier alpha value is -1.75. The van der Waals surface area contributed by atoms with Crippen molar-refractivity contribution in [1.29, 1.82) is 0 Å². The fourth-order valence-electron chi connectivity index (χ4n) is 4.33. The zero-order valence-corrected chi connectivity index (χ0v) is 19.2. The molecule has 0 unspecified atom stereocenters. The van der Waals surface area contributed by atoms with Gasteiger partial charge in [-0.05, 0) is 53.5 Å². The number of hydrogen-bond donors (Lipinski definition) is 0. The molecule has 2 aromatic carbocycles. The lowest BCUT2D eigenvalue weighted by Crippen LogP contribution is -2.20. The van der Waals surface area contributed by atoms with Crippen LogP contribution in [0, 0.1) is 5.92 Å². The van der Waals surface area contributed by atoms with E-state index in [0.717, 1.165) is 17.0 Å². The van der Waals surface area contributed by atoms with Crippen LogP contribution in [0.2, 0.25) is 18.1 Å². The molecule has 0 bridgehead atoms. The second kappa shape index (κ2) is 10.5. The van der Waals surface area contributed by atoms with Crippen LogP contribution in [-0.4, -0.2) is 21.6 Å². The Morgan fingerprint density at radius 2 is 1.50 bits per heavy atom. The van der Waals surface area contributed by atoms with Crippen molar-refractivity contribution in [2.24, 2.45) is 5.92 Å². The van der Waals surface area contributed by atoms with Crippen LogP contribution in [0.4, 0.5) is 13.2 Å². The smallest absolute Gasteiger partial charge is 0.392 e. The fourth-order valence-corrected chi connectivity index (χ4v) is 8.08. The van der Waals surface area contributed by atoms with E-state index in [1.54, 1.807) is 12.1 Å². The Morgan fingerprint density at radius 3 is 2.03 bits per heavy atom. The number of ether oxygens (including phenoxy) is 1. The number of alkyl halides is 3. The van der Waals surface area contributed by atoms with Crippen LogP contribution in [0.3, 0.4) is 0 Å². The molecule has 1 aliphatic heterocycles. The van der Waals surface area contributed by atoms with E-state index in [1.165, 1.54) is 43.0 Å². The summed E-state index contributed by atoms with van der Waals surface area (Å²) in [6.07, 6.45) is -1.02. The Balaban J connectivity index is 1.51. The topological polar surface area (TPSA) is 9.23 Å². The summed E-state index contributed by atoms with van der Waals surface area (Å²) < 4.78 is 41.8. The van der Waals surface area contributed by atoms with Crippen LogP contribution >= 0.6 is 0 Å². The van der Waals surface area contributed by atoms with E-state index >= 15 is 0 Å². The molecule has 0 saturated carbocycles. The number of hydrogen-bond acceptors (Lipinski definition) is 1. The van der Waals surface area contributed by atoms with Crippen LogP contribution in [-0.2, 0) is 0 Å². The van der Waals surface area contributed by atoms with Crippen LogP contribution in [0.15, 0.2) is 48.5 Å². The predicted octanol–water partition coefficient (Wildman–Crippen LogP) is 7.84. The van der Waals surface area contributed by atoms with E-state index in [0.29, 0.717) is 11.7 Å². The third kappa shape index (κ3) is 7.19. The summed E-state index contributed by atoms with van der Waals surface area (Å²) in [6, 6.07) is 20.6. The third-order valence-corrected chi connectivity index (χ3v) is 9.67. The van der Waals surface area contributed by atoms with Gasteiger partial charge >= 0.3 is 6.18 Å². The van der Waals surface area contributed by atoms with Crippen molar-refractivity contribution in [2.75, 3.05) is 6.61 Å². The van der Waals surface area contributed by atoms with Gasteiger partial charge in [0.05, 0.1) is 13.0 Å². The predicted molar refractivity (Wildman–Crippen MR) is 121 cm³/mol. The molecule has 0 N–H and O–H groups in total. The van der Waals surface area contributed by atoms with E-state index in [4.69, 9.17) is 4.74 Å². The maximum absolute atomic E-state index is 12.2. The maximum atomic E-state index is 12.2. The number of halogens is 3. The van der Waals surface area contributed by atoms with Gasteiger partial charge in [0.25, 0.3) is 0 Å². The maximum Gasteiger partial charge on any atom is 0.392 e. The van der Waals surface area contributed by atoms with Crippen LogP contribution < -0.4 is 4.74 Å². The highest BCUT2D eigenvalue weighted by atomic mass is 28.3. The van der Waals surface area contributed by atoms with Gasteiger partial charge in [0.2, 0.25) is 0 Å². The van der Waals surface area contributed by atoms with Crippen molar-refractivity contribution in [3.05, 3.63) is 54.1 Å². The molecule has 1 fully saturated rings. The first-order chi connectivity index (χ1) is 14.3. The van der Waals surface area contributed by atoms with E-state index < -0.39 is 21.4 Å². The van der Waals surface area contributed by atoms with Crippen molar-refractivity contribution in [3.8, 4) is 16.9 Å². The minimum absolute atomic E-state index is 0.347. The van der Waals surface area contributed by atoms with E-state index in [2.05, 4.69) is 38.1 Å². The lowest BCUT2D eigenvalue weighted by atomic mass is 9.92. The lowest BCUT2D eigenvalue weighted by molar-refractivity contribution is -0.139. The summed E-state index contributed by atoms with van der Waals surface area (Å²) in [4.78, 5) is 0. The Bertz CT molecular complexity index is 760. The molecule has 2 aromatic rings. The van der Waals surface area contributed by atoms with Gasteiger partial charge in [-0.15, -0.1) is 0 Å². The van der Waals surface area contributed by atoms with Gasteiger partial charge in [-0.1, -0.05) is 74.8 Å². The molecule has 164 valence electrons. The van der Waals surface area contributed by atoms with Crippen LogP contribution in [0.5, 0.6) is 5.75 Å². The molecule has 0 aromatic heterocycles. The van der Waals surface area contributed by atoms with Crippen molar-refractivity contribution in [1.82, 2.24) is 0 Å². The monoisotopic (exact) mass is 434 g/mol. The van der Waals surface area contributed by atoms with Gasteiger partial charge in [-0.2, -0.15) is 13.2 Å². The molecular formula is C25H33F3OSi. The second-order valence-electron chi connectivity index (χ2n) is 9.05. The van der Waals surface area contributed by atoms with E-state index in [1.807, 2.05) is 12.1 Å².